The minimum absolute atomic E-state index is 0.483. The van der Waals surface area contributed by atoms with Crippen molar-refractivity contribution in [3.05, 3.63) is 95.3 Å². The first kappa shape index (κ1) is 14.1. The van der Waals surface area contributed by atoms with E-state index in [0.717, 1.165) is 10.1 Å². The monoisotopic (exact) mass is 290 g/mol. The Hall–Kier alpha value is -2.82. The van der Waals surface area contributed by atoms with Gasteiger partial charge in [0.25, 0.3) is 0 Å². The number of hydrogen-bond acceptors (Lipinski definition) is 4. The fourth-order valence-electron chi connectivity index (χ4n) is 2.15. The Labute approximate surface area is 129 Å². The average Bonchev–Trinajstić information content (AvgIpc) is 2.62. The third kappa shape index (κ3) is 2.93. The van der Waals surface area contributed by atoms with Crippen molar-refractivity contribution in [3.63, 3.8) is 0 Å². The lowest BCUT2D eigenvalue weighted by Crippen LogP contribution is -2.08. The van der Waals surface area contributed by atoms with Gasteiger partial charge in [-0.3, -0.25) is 0 Å². The van der Waals surface area contributed by atoms with Crippen molar-refractivity contribution in [1.82, 2.24) is 0 Å². The smallest absolute Gasteiger partial charge is 0.0305 e. The number of anilines is 4. The van der Waals surface area contributed by atoms with Gasteiger partial charge in [-0.1, -0.05) is 36.4 Å². The molecule has 0 aromatic heterocycles. The quantitative estimate of drug-likeness (QED) is 0.637. The number of benzene rings is 3. The molecule has 110 valence electrons. The lowest BCUT2D eigenvalue weighted by atomic mass is 10.2. The van der Waals surface area contributed by atoms with E-state index in [1.807, 2.05) is 36.4 Å². The molecule has 0 aliphatic rings. The summed E-state index contributed by atoms with van der Waals surface area (Å²) >= 11 is 0. The Balaban J connectivity index is 1.81. The first-order valence-corrected chi connectivity index (χ1v) is 6.90. The molecule has 0 bridgehead atoms. The van der Waals surface area contributed by atoms with Crippen molar-refractivity contribution >= 4 is 22.7 Å². The zero-order valence-electron chi connectivity index (χ0n) is 11.8. The summed E-state index contributed by atoms with van der Waals surface area (Å²) in [6.45, 7) is 0. The molecule has 0 saturated heterocycles. The van der Waals surface area contributed by atoms with E-state index in [0.29, 0.717) is 22.7 Å². The van der Waals surface area contributed by atoms with Gasteiger partial charge in [-0.05, 0) is 48.5 Å². The normalized spacial score (nSPS) is 10.3. The summed E-state index contributed by atoms with van der Waals surface area (Å²) in [5.41, 5.74) is 2.07. The largest absolute Gasteiger partial charge is 0.754 e. The standard InChI is InChI=1S/C18H14N2O2/c21-19(15-7-3-1-4-8-15)17-11-13-18(14-12-17)20(22)16-9-5-2-6-10-16/h1-14H/q-2. The second-order valence-corrected chi connectivity index (χ2v) is 4.78. The van der Waals surface area contributed by atoms with Crippen LogP contribution in [0.3, 0.4) is 0 Å². The van der Waals surface area contributed by atoms with Crippen molar-refractivity contribution in [2.24, 2.45) is 0 Å². The van der Waals surface area contributed by atoms with Crippen LogP contribution >= 0.6 is 0 Å². The van der Waals surface area contributed by atoms with Gasteiger partial charge in [0.15, 0.2) is 0 Å². The summed E-state index contributed by atoms with van der Waals surface area (Å²) in [5, 5.41) is 26.1. The molecule has 0 atom stereocenters. The minimum atomic E-state index is 0.483. The van der Waals surface area contributed by atoms with E-state index in [4.69, 9.17) is 0 Å². The van der Waals surface area contributed by atoms with E-state index >= 15 is 0 Å². The maximum atomic E-state index is 12.2. The SMILES string of the molecule is [O-]N(c1ccccc1)c1ccc(N([O-])c2ccccc2)cc1. The molecule has 0 aliphatic heterocycles. The third-order valence-corrected chi connectivity index (χ3v) is 3.30. The van der Waals surface area contributed by atoms with E-state index in [2.05, 4.69) is 0 Å². The number of nitrogens with zero attached hydrogens (tertiary/aromatic N) is 2. The fraction of sp³-hybridized carbons (Fsp3) is 0. The third-order valence-electron chi connectivity index (χ3n) is 3.30. The highest BCUT2D eigenvalue weighted by molar-refractivity contribution is 5.70. The average molecular weight is 290 g/mol. The van der Waals surface area contributed by atoms with E-state index in [9.17, 15) is 10.4 Å². The summed E-state index contributed by atoms with van der Waals surface area (Å²) < 4.78 is 0. The number of hydrogen-bond donors (Lipinski definition) is 0. The first-order chi connectivity index (χ1) is 10.8. The van der Waals surface area contributed by atoms with Crippen molar-refractivity contribution in [3.8, 4) is 0 Å². The summed E-state index contributed by atoms with van der Waals surface area (Å²) in [4.78, 5) is 0. The molecule has 4 nitrogen and oxygen atoms in total. The van der Waals surface area contributed by atoms with Crippen LogP contribution < -0.4 is 10.1 Å². The Bertz CT molecular complexity index is 651. The van der Waals surface area contributed by atoms with Gasteiger partial charge >= 0.3 is 0 Å². The van der Waals surface area contributed by atoms with Gasteiger partial charge in [-0.2, -0.15) is 0 Å². The van der Waals surface area contributed by atoms with Crippen LogP contribution in [0.4, 0.5) is 22.7 Å². The molecule has 0 unspecified atom stereocenters. The van der Waals surface area contributed by atoms with Crippen molar-refractivity contribution < 1.29 is 0 Å². The fourth-order valence-corrected chi connectivity index (χ4v) is 2.15. The molecule has 0 fully saturated rings. The molecule has 0 saturated carbocycles. The summed E-state index contributed by atoms with van der Waals surface area (Å²) in [5.74, 6) is 0. The molecule has 3 rings (SSSR count). The highest BCUT2D eigenvalue weighted by Crippen LogP contribution is 2.29. The van der Waals surface area contributed by atoms with Gasteiger partial charge in [0, 0.05) is 22.7 Å². The van der Waals surface area contributed by atoms with Crippen LogP contribution in [-0.4, -0.2) is 0 Å². The van der Waals surface area contributed by atoms with Crippen LogP contribution in [0, 0.1) is 10.4 Å². The second kappa shape index (κ2) is 6.30. The molecule has 0 heterocycles. The number of rotatable bonds is 4. The summed E-state index contributed by atoms with van der Waals surface area (Å²) in [6.07, 6.45) is 0. The van der Waals surface area contributed by atoms with Crippen molar-refractivity contribution in [1.29, 1.82) is 0 Å². The molecule has 3 aromatic carbocycles. The molecule has 0 spiro atoms. The molecule has 3 aromatic rings. The van der Waals surface area contributed by atoms with E-state index in [1.54, 1.807) is 48.5 Å². The van der Waals surface area contributed by atoms with Gasteiger partial charge in [0.1, 0.15) is 0 Å². The molecule has 0 amide bonds. The maximum absolute atomic E-state index is 12.2. The molecular weight excluding hydrogens is 276 g/mol. The first-order valence-electron chi connectivity index (χ1n) is 6.90. The Morgan fingerprint density at radius 1 is 0.409 bits per heavy atom. The lowest BCUT2D eigenvalue weighted by molar-refractivity contribution is 1.27. The number of para-hydroxylation sites is 2. The van der Waals surface area contributed by atoms with Gasteiger partial charge in [0.05, 0.1) is 0 Å². The molecule has 0 aliphatic carbocycles. The highest BCUT2D eigenvalue weighted by Gasteiger charge is 2.01. The van der Waals surface area contributed by atoms with Crippen LogP contribution in [-0.2, 0) is 0 Å². The lowest BCUT2D eigenvalue weighted by Gasteiger charge is -2.33. The van der Waals surface area contributed by atoms with Crippen LogP contribution in [0.2, 0.25) is 0 Å². The maximum Gasteiger partial charge on any atom is 0.0305 e. The molecule has 22 heavy (non-hydrogen) atoms. The van der Waals surface area contributed by atoms with Crippen LogP contribution in [0.5, 0.6) is 0 Å². The summed E-state index contributed by atoms with van der Waals surface area (Å²) in [7, 11) is 0. The Kier molecular flexibility index (Phi) is 4.05. The zero-order valence-corrected chi connectivity index (χ0v) is 11.8. The predicted molar refractivity (Wildman–Crippen MR) is 90.3 cm³/mol. The van der Waals surface area contributed by atoms with Gasteiger partial charge in [-0.25, -0.2) is 0 Å². The van der Waals surface area contributed by atoms with Crippen molar-refractivity contribution in [2.45, 2.75) is 0 Å². The highest BCUT2D eigenvalue weighted by atomic mass is 16.5. The second-order valence-electron chi connectivity index (χ2n) is 4.78. The van der Waals surface area contributed by atoms with Crippen LogP contribution in [0.25, 0.3) is 0 Å². The summed E-state index contributed by atoms with van der Waals surface area (Å²) in [6, 6.07) is 24.5. The molecule has 0 N–H and O–H groups in total. The van der Waals surface area contributed by atoms with Gasteiger partial charge < -0.3 is 20.5 Å². The topological polar surface area (TPSA) is 52.6 Å². The minimum Gasteiger partial charge on any atom is -0.754 e. The van der Waals surface area contributed by atoms with Crippen LogP contribution in [0.1, 0.15) is 0 Å². The van der Waals surface area contributed by atoms with Gasteiger partial charge in [0.2, 0.25) is 0 Å². The molecule has 0 radical (unpaired) electrons. The van der Waals surface area contributed by atoms with Crippen LogP contribution in [0.15, 0.2) is 84.9 Å². The van der Waals surface area contributed by atoms with E-state index < -0.39 is 0 Å². The Morgan fingerprint density at radius 3 is 1.00 bits per heavy atom. The van der Waals surface area contributed by atoms with Gasteiger partial charge in [-0.15, -0.1) is 0 Å². The van der Waals surface area contributed by atoms with E-state index in [-0.39, 0.29) is 0 Å². The van der Waals surface area contributed by atoms with E-state index in [1.165, 1.54) is 0 Å². The predicted octanol–water partition coefficient (Wildman–Crippen LogP) is 4.96. The zero-order chi connectivity index (χ0) is 15.4. The van der Waals surface area contributed by atoms with Crippen molar-refractivity contribution in [2.75, 3.05) is 10.1 Å². The Morgan fingerprint density at radius 2 is 0.682 bits per heavy atom. The molecule has 4 heteroatoms. The molecular formula is C18H14N2O2-2.